The van der Waals surface area contributed by atoms with Crippen molar-refractivity contribution < 1.29 is 9.59 Å². The van der Waals surface area contributed by atoms with Crippen LogP contribution in [0.1, 0.15) is 26.2 Å². The largest absolute Gasteiger partial charge is 0.358 e. The monoisotopic (exact) mass is 227 g/mol. The lowest BCUT2D eigenvalue weighted by Crippen LogP contribution is -2.47. The number of likely N-dealkylation sites (N-methyl/N-ethyl adjacent to an activating group) is 1. The summed E-state index contributed by atoms with van der Waals surface area (Å²) >= 11 is 0. The molecular weight excluding hydrogens is 206 g/mol. The van der Waals surface area contributed by atoms with Gasteiger partial charge in [-0.3, -0.25) is 9.59 Å². The van der Waals surface area contributed by atoms with Gasteiger partial charge >= 0.3 is 0 Å². The number of nitrogens with one attached hydrogen (secondary N) is 2. The lowest BCUT2D eigenvalue weighted by Gasteiger charge is -2.24. The maximum atomic E-state index is 12.1. The molecule has 0 radical (unpaired) electrons. The fraction of sp³-hybridized carbons (Fsp3) is 0.818. The fourth-order valence-corrected chi connectivity index (χ4v) is 1.91. The number of nitrogens with zero attached hydrogens (tertiary/aromatic N) is 1. The zero-order chi connectivity index (χ0) is 12.0. The molecule has 5 heteroatoms. The molecular formula is C11H21N3O2. The van der Waals surface area contributed by atoms with E-state index in [2.05, 4.69) is 10.6 Å². The van der Waals surface area contributed by atoms with Crippen LogP contribution in [0.15, 0.2) is 0 Å². The topological polar surface area (TPSA) is 61.4 Å². The normalized spacial score (nSPS) is 19.5. The van der Waals surface area contributed by atoms with Crippen molar-refractivity contribution in [1.29, 1.82) is 0 Å². The van der Waals surface area contributed by atoms with E-state index in [0.29, 0.717) is 6.54 Å². The summed E-state index contributed by atoms with van der Waals surface area (Å²) < 4.78 is 0. The second-order valence-electron chi connectivity index (χ2n) is 4.08. The van der Waals surface area contributed by atoms with E-state index in [1.165, 1.54) is 0 Å². The highest BCUT2D eigenvalue weighted by Crippen LogP contribution is 2.08. The highest BCUT2D eigenvalue weighted by molar-refractivity contribution is 5.87. The van der Waals surface area contributed by atoms with Gasteiger partial charge in [-0.15, -0.1) is 0 Å². The standard InChI is InChI=1S/C11H21N3O2/c1-3-7-14(8-10(15)12-2)11(16)9-5-4-6-13-9/h9,13H,3-8H2,1-2H3,(H,12,15)/t9-/m0/s1. The molecule has 0 bridgehead atoms. The molecule has 0 saturated carbocycles. The van der Waals surface area contributed by atoms with Crippen molar-refractivity contribution in [2.24, 2.45) is 0 Å². The molecule has 1 aliphatic rings. The Morgan fingerprint density at radius 1 is 1.50 bits per heavy atom. The first-order valence-corrected chi connectivity index (χ1v) is 5.91. The van der Waals surface area contributed by atoms with Crippen molar-refractivity contribution in [3.63, 3.8) is 0 Å². The van der Waals surface area contributed by atoms with Crippen LogP contribution < -0.4 is 10.6 Å². The lowest BCUT2D eigenvalue weighted by molar-refractivity contribution is -0.137. The van der Waals surface area contributed by atoms with Gasteiger partial charge in [-0.1, -0.05) is 6.92 Å². The van der Waals surface area contributed by atoms with Gasteiger partial charge < -0.3 is 15.5 Å². The number of carbonyl (C=O) groups excluding carboxylic acids is 2. The molecule has 16 heavy (non-hydrogen) atoms. The summed E-state index contributed by atoms with van der Waals surface area (Å²) in [5.41, 5.74) is 0. The van der Waals surface area contributed by atoms with Crippen molar-refractivity contribution in [1.82, 2.24) is 15.5 Å². The second-order valence-corrected chi connectivity index (χ2v) is 4.08. The number of hydrogen-bond acceptors (Lipinski definition) is 3. The van der Waals surface area contributed by atoms with Crippen LogP contribution in [0.5, 0.6) is 0 Å². The average Bonchev–Trinajstić information content (AvgIpc) is 2.80. The Kier molecular flexibility index (Phi) is 5.25. The minimum atomic E-state index is -0.111. The Morgan fingerprint density at radius 2 is 2.25 bits per heavy atom. The molecule has 1 heterocycles. The van der Waals surface area contributed by atoms with Crippen molar-refractivity contribution in [3.05, 3.63) is 0 Å². The van der Waals surface area contributed by atoms with Gasteiger partial charge in [0.15, 0.2) is 0 Å². The van der Waals surface area contributed by atoms with Gasteiger partial charge in [0.1, 0.15) is 0 Å². The summed E-state index contributed by atoms with van der Waals surface area (Å²) in [7, 11) is 1.59. The van der Waals surface area contributed by atoms with Crippen LogP contribution >= 0.6 is 0 Å². The molecule has 5 nitrogen and oxygen atoms in total. The second kappa shape index (κ2) is 6.48. The number of carbonyl (C=O) groups is 2. The summed E-state index contributed by atoms with van der Waals surface area (Å²) in [4.78, 5) is 25.0. The molecule has 2 amide bonds. The quantitative estimate of drug-likeness (QED) is 0.679. The highest BCUT2D eigenvalue weighted by Gasteiger charge is 2.27. The third-order valence-corrected chi connectivity index (χ3v) is 2.78. The number of amides is 2. The molecule has 1 saturated heterocycles. The van der Waals surface area contributed by atoms with Crippen molar-refractivity contribution in [2.75, 3.05) is 26.7 Å². The van der Waals surface area contributed by atoms with Gasteiger partial charge in [0.05, 0.1) is 12.6 Å². The number of hydrogen-bond donors (Lipinski definition) is 2. The smallest absolute Gasteiger partial charge is 0.240 e. The molecule has 0 aromatic rings. The van der Waals surface area contributed by atoms with Crippen LogP contribution in [0.4, 0.5) is 0 Å². The van der Waals surface area contributed by atoms with E-state index in [9.17, 15) is 9.59 Å². The van der Waals surface area contributed by atoms with E-state index in [4.69, 9.17) is 0 Å². The van der Waals surface area contributed by atoms with Crippen LogP contribution in [-0.2, 0) is 9.59 Å². The SMILES string of the molecule is CCCN(CC(=O)NC)C(=O)[C@@H]1CCCN1. The van der Waals surface area contributed by atoms with Gasteiger partial charge in [-0.05, 0) is 25.8 Å². The first kappa shape index (κ1) is 13.0. The molecule has 1 atom stereocenters. The molecule has 1 fully saturated rings. The molecule has 1 rings (SSSR count). The van der Waals surface area contributed by atoms with Gasteiger partial charge in [-0.2, -0.15) is 0 Å². The van der Waals surface area contributed by atoms with Gasteiger partial charge in [0.25, 0.3) is 0 Å². The molecule has 0 unspecified atom stereocenters. The first-order valence-electron chi connectivity index (χ1n) is 5.91. The van der Waals surface area contributed by atoms with Crippen LogP contribution in [0.25, 0.3) is 0 Å². The average molecular weight is 227 g/mol. The molecule has 92 valence electrons. The van der Waals surface area contributed by atoms with Crippen LogP contribution in [0, 0.1) is 0 Å². The molecule has 0 aromatic carbocycles. The molecule has 0 aromatic heterocycles. The third kappa shape index (κ3) is 3.48. The Hall–Kier alpha value is -1.10. The predicted molar refractivity (Wildman–Crippen MR) is 62.0 cm³/mol. The molecule has 2 N–H and O–H groups in total. The maximum absolute atomic E-state index is 12.1. The molecule has 0 spiro atoms. The van der Waals surface area contributed by atoms with Crippen molar-refractivity contribution in [2.45, 2.75) is 32.2 Å². The van der Waals surface area contributed by atoms with Crippen LogP contribution in [0.3, 0.4) is 0 Å². The van der Waals surface area contributed by atoms with Crippen molar-refractivity contribution in [3.8, 4) is 0 Å². The Bertz CT molecular complexity index is 250. The summed E-state index contributed by atoms with van der Waals surface area (Å²) in [6.07, 6.45) is 2.79. The number of rotatable bonds is 5. The van der Waals surface area contributed by atoms with E-state index in [-0.39, 0.29) is 24.4 Å². The van der Waals surface area contributed by atoms with Gasteiger partial charge in [-0.25, -0.2) is 0 Å². The molecule has 0 aliphatic carbocycles. The van der Waals surface area contributed by atoms with E-state index in [0.717, 1.165) is 25.8 Å². The Morgan fingerprint density at radius 3 is 2.75 bits per heavy atom. The maximum Gasteiger partial charge on any atom is 0.240 e. The third-order valence-electron chi connectivity index (χ3n) is 2.78. The van der Waals surface area contributed by atoms with E-state index >= 15 is 0 Å². The fourth-order valence-electron chi connectivity index (χ4n) is 1.91. The Labute approximate surface area is 96.6 Å². The summed E-state index contributed by atoms with van der Waals surface area (Å²) in [5.74, 6) is -0.0530. The minimum absolute atomic E-state index is 0.0583. The Balaban J connectivity index is 2.53. The highest BCUT2D eigenvalue weighted by atomic mass is 16.2. The molecule has 1 aliphatic heterocycles. The van der Waals surface area contributed by atoms with Gasteiger partial charge in [0.2, 0.25) is 11.8 Å². The summed E-state index contributed by atoms with van der Waals surface area (Å²) in [6.45, 7) is 3.72. The first-order chi connectivity index (χ1) is 7.69. The van der Waals surface area contributed by atoms with E-state index in [1.54, 1.807) is 11.9 Å². The summed E-state index contributed by atoms with van der Waals surface area (Å²) in [6, 6.07) is -0.0868. The van der Waals surface area contributed by atoms with Crippen LogP contribution in [-0.4, -0.2) is 49.4 Å². The van der Waals surface area contributed by atoms with Crippen LogP contribution in [0.2, 0.25) is 0 Å². The predicted octanol–water partition coefficient (Wildman–Crippen LogP) is -0.277. The zero-order valence-corrected chi connectivity index (χ0v) is 10.1. The lowest BCUT2D eigenvalue weighted by atomic mass is 10.2. The van der Waals surface area contributed by atoms with E-state index < -0.39 is 0 Å². The summed E-state index contributed by atoms with van der Waals surface area (Å²) in [5, 5.41) is 5.71. The minimum Gasteiger partial charge on any atom is -0.358 e. The van der Waals surface area contributed by atoms with E-state index in [1.807, 2.05) is 6.92 Å². The van der Waals surface area contributed by atoms with Crippen molar-refractivity contribution >= 4 is 11.8 Å². The zero-order valence-electron chi connectivity index (χ0n) is 10.1. The van der Waals surface area contributed by atoms with Gasteiger partial charge in [0, 0.05) is 13.6 Å².